The van der Waals surface area contributed by atoms with Gasteiger partial charge in [-0.15, -0.1) is 0 Å². The molecule has 27 heteroatoms. The third kappa shape index (κ3) is 15.8. The largest absolute Gasteiger partial charge is 0.504 e. The number of carbonyl (C=O) groups excluding carboxylic acids is 3. The molecular weight excluding hydrogens is 1140 g/mol. The van der Waals surface area contributed by atoms with E-state index in [0.717, 1.165) is 65.5 Å². The molecule has 462 valence electrons. The first-order valence-corrected chi connectivity index (χ1v) is 27.9. The lowest BCUT2D eigenvalue weighted by molar-refractivity contribution is -0.132. The minimum Gasteiger partial charge on any atom is -0.504 e. The highest BCUT2D eigenvalue weighted by Gasteiger charge is 2.25. The van der Waals surface area contributed by atoms with Gasteiger partial charge in [-0.2, -0.15) is 0 Å². The molecule has 0 bridgehead atoms. The number of phenols is 1. The number of phenolic OH excluding ortho intramolecular Hbond substituents is 1. The second kappa shape index (κ2) is 29.5. The smallest absolute Gasteiger partial charge is 0.321 e. The first-order valence-electron chi connectivity index (χ1n) is 27.9. The third-order valence-electron chi connectivity index (χ3n) is 13.6. The van der Waals surface area contributed by atoms with Crippen LogP contribution in [0.2, 0.25) is 0 Å². The molecule has 6 heterocycles. The van der Waals surface area contributed by atoms with E-state index in [4.69, 9.17) is 37.9 Å². The summed E-state index contributed by atoms with van der Waals surface area (Å²) < 4.78 is 42.0. The second-order valence-corrected chi connectivity index (χ2v) is 20.0. The molecule has 0 radical (unpaired) electrons. The zero-order valence-electron chi connectivity index (χ0n) is 50.4. The number of nitrogens with zero attached hydrogens (tertiary/aromatic N) is 10. The molecule has 27 nitrogen and oxygen atoms in total. The minimum absolute atomic E-state index is 0.0899. The summed E-state index contributed by atoms with van der Waals surface area (Å²) >= 11 is 0. The summed E-state index contributed by atoms with van der Waals surface area (Å²) in [4.78, 5) is 96.7. The lowest BCUT2D eigenvalue weighted by atomic mass is 10.2. The molecule has 5 aromatic carbocycles. The number of amides is 2. The van der Waals surface area contributed by atoms with Crippen LogP contribution in [0.15, 0.2) is 108 Å². The van der Waals surface area contributed by atoms with Crippen LogP contribution in [0, 0.1) is 0 Å². The van der Waals surface area contributed by atoms with E-state index in [1.54, 1.807) is 43.8 Å². The van der Waals surface area contributed by atoms with Crippen molar-refractivity contribution in [1.82, 2.24) is 49.7 Å². The molecule has 9 aromatic rings. The molecule has 2 aliphatic rings. The normalized spacial score (nSPS) is 13.1. The van der Waals surface area contributed by atoms with Crippen molar-refractivity contribution in [2.75, 3.05) is 110 Å². The predicted octanol–water partition coefficient (Wildman–Crippen LogP) is 6.99. The van der Waals surface area contributed by atoms with Gasteiger partial charge in [-0.1, -0.05) is 0 Å². The molecule has 0 spiro atoms. The van der Waals surface area contributed by atoms with Gasteiger partial charge in [-0.3, -0.25) is 19.2 Å². The summed E-state index contributed by atoms with van der Waals surface area (Å²) in [6.07, 6.45) is 5.82. The van der Waals surface area contributed by atoms with E-state index in [-0.39, 0.29) is 40.5 Å². The number of aromatic nitrogens is 8. The molecule has 4 N–H and O–H groups in total. The molecule has 0 aliphatic carbocycles. The van der Waals surface area contributed by atoms with Crippen LogP contribution in [0.5, 0.6) is 51.7 Å². The average Bonchev–Trinajstić information content (AvgIpc) is 2.52. The average molecular weight is 1210 g/mol. The maximum atomic E-state index is 12.8. The van der Waals surface area contributed by atoms with Crippen LogP contribution in [-0.4, -0.2) is 173 Å². The number of likely N-dealkylation sites (N-methyl/N-ethyl adjacent to an activating group) is 1. The summed E-state index contributed by atoms with van der Waals surface area (Å²) in [5.74, 6) is 4.40. The van der Waals surface area contributed by atoms with Gasteiger partial charge >= 0.3 is 18.0 Å². The number of benzene rings is 5. The SMILES string of the molecule is CC(=O)Oc1cc2ncnc(N3CCN(C)CC3)c2cc1O.CCOc1cc2c(N3CCN(C(=O)Nc4ccc(OC(C)C)cc4)CC3)ncnc2cc1OC.COc1cc2nc[nH]c(=O)c2cc1OC.COc1cc2nc[nH]c(=O)c2cc1OC(C)=O. The molecule has 0 saturated carbocycles. The Morgan fingerprint density at radius 3 is 1.49 bits per heavy atom. The van der Waals surface area contributed by atoms with Crippen molar-refractivity contribution < 1.29 is 57.4 Å². The summed E-state index contributed by atoms with van der Waals surface area (Å²) in [5.41, 5.74) is 2.72. The van der Waals surface area contributed by atoms with Crippen LogP contribution in [0.1, 0.15) is 34.6 Å². The van der Waals surface area contributed by atoms with Crippen LogP contribution in [0.4, 0.5) is 22.1 Å². The highest BCUT2D eigenvalue weighted by atomic mass is 16.6. The summed E-state index contributed by atoms with van der Waals surface area (Å²) in [6, 6.07) is 20.5. The number of hydrogen-bond donors (Lipinski definition) is 4. The van der Waals surface area contributed by atoms with E-state index in [9.17, 15) is 29.1 Å². The van der Waals surface area contributed by atoms with Crippen LogP contribution >= 0.6 is 0 Å². The number of carbonyl (C=O) groups is 3. The third-order valence-corrected chi connectivity index (χ3v) is 13.6. The number of fused-ring (bicyclic) bond motifs is 4. The zero-order valence-corrected chi connectivity index (χ0v) is 50.4. The van der Waals surface area contributed by atoms with E-state index in [1.165, 1.54) is 60.2 Å². The molecule has 0 atom stereocenters. The van der Waals surface area contributed by atoms with Gasteiger partial charge in [-0.25, -0.2) is 34.7 Å². The summed E-state index contributed by atoms with van der Waals surface area (Å²) in [7, 11) is 8.21. The molecule has 2 fully saturated rings. The van der Waals surface area contributed by atoms with E-state index in [2.05, 4.69) is 66.9 Å². The number of esters is 2. The summed E-state index contributed by atoms with van der Waals surface area (Å²) in [6.45, 7) is 15.2. The van der Waals surface area contributed by atoms with E-state index in [1.807, 2.05) is 62.1 Å². The van der Waals surface area contributed by atoms with Crippen molar-refractivity contribution in [2.45, 2.75) is 40.7 Å². The molecule has 0 unspecified atom stereocenters. The maximum Gasteiger partial charge on any atom is 0.321 e. The van der Waals surface area contributed by atoms with Crippen LogP contribution < -0.4 is 64.1 Å². The number of rotatable bonds is 13. The fourth-order valence-electron chi connectivity index (χ4n) is 9.37. The number of aromatic amines is 2. The number of H-pyrrole nitrogens is 2. The zero-order chi connectivity index (χ0) is 63.0. The molecule has 2 saturated heterocycles. The number of piperazine rings is 2. The van der Waals surface area contributed by atoms with Crippen molar-refractivity contribution >= 4 is 78.9 Å². The van der Waals surface area contributed by atoms with Gasteiger partial charge in [0.05, 0.1) is 86.6 Å². The molecule has 4 aromatic heterocycles. The van der Waals surface area contributed by atoms with Crippen molar-refractivity contribution in [2.24, 2.45) is 0 Å². The van der Waals surface area contributed by atoms with Crippen LogP contribution in [0.3, 0.4) is 0 Å². The van der Waals surface area contributed by atoms with E-state index < -0.39 is 11.9 Å². The number of nitrogens with one attached hydrogen (secondary N) is 3. The van der Waals surface area contributed by atoms with E-state index in [0.29, 0.717) is 88.9 Å². The molecule has 2 aliphatic heterocycles. The lowest BCUT2D eigenvalue weighted by Crippen LogP contribution is -2.50. The van der Waals surface area contributed by atoms with Gasteiger partial charge in [0.2, 0.25) is 0 Å². The monoisotopic (exact) mass is 1210 g/mol. The topological polar surface area (TPSA) is 313 Å². The Balaban J connectivity index is 0.000000161. The van der Waals surface area contributed by atoms with Gasteiger partial charge in [0, 0.05) is 107 Å². The Hall–Kier alpha value is -10.6. The first-order chi connectivity index (χ1) is 42.4. The van der Waals surface area contributed by atoms with Gasteiger partial charge in [0.25, 0.3) is 11.1 Å². The highest BCUT2D eigenvalue weighted by molar-refractivity contribution is 5.94. The van der Waals surface area contributed by atoms with Crippen molar-refractivity contribution in [1.29, 1.82) is 0 Å². The number of hydrogen-bond acceptors (Lipinski definition) is 23. The Morgan fingerprint density at radius 2 is 0.989 bits per heavy atom. The fraction of sp³-hybridized carbons (Fsp3) is 0.328. The Bertz CT molecular complexity index is 4040. The number of anilines is 3. The fourth-order valence-corrected chi connectivity index (χ4v) is 9.37. The Kier molecular flexibility index (Phi) is 21.3. The predicted molar refractivity (Wildman–Crippen MR) is 330 cm³/mol. The van der Waals surface area contributed by atoms with Crippen LogP contribution in [-0.2, 0) is 9.59 Å². The van der Waals surface area contributed by atoms with Crippen molar-refractivity contribution in [3.63, 3.8) is 0 Å². The minimum atomic E-state index is -0.483. The number of aromatic hydroxyl groups is 1. The van der Waals surface area contributed by atoms with Crippen LogP contribution in [0.25, 0.3) is 43.6 Å². The number of methoxy groups -OCH3 is 4. The molecule has 88 heavy (non-hydrogen) atoms. The van der Waals surface area contributed by atoms with Gasteiger partial charge < -0.3 is 77.9 Å². The van der Waals surface area contributed by atoms with E-state index >= 15 is 0 Å². The maximum absolute atomic E-state index is 12.8. The first kappa shape index (κ1) is 63.5. The summed E-state index contributed by atoms with van der Waals surface area (Å²) in [5, 5.41) is 15.5. The van der Waals surface area contributed by atoms with Crippen molar-refractivity contribution in [3.8, 4) is 51.7 Å². The standard InChI is InChI=1S/C25H31N5O4.C15H18N4O3.C11H10N2O4.C10H10N2O3/c1-5-33-23-14-20-21(15-22(23)32-4)26-16-27-24(20)29-10-12-30(13-11-29)25(31)28-18-6-8-19(9-7-18)34-17(2)3;1-10(20)22-14-8-12-11(7-13(14)21)15(17-9-16-12)19-5-3-18(2)4-6-19;1-6(14)17-10-3-7-8(4-9(10)16-2)12-5-13-11(7)15;1-14-8-3-6-7(4-9(8)15-2)11-5-12-10(6)13/h6-9,14-17H,5,10-13H2,1-4H3,(H,28,31);7-9,21H,3-6H2,1-2H3;3-5H,1-2H3,(H,12,13,15);3-5H,1-2H3,(H,11,12,13). The number of urea groups is 1. The Morgan fingerprint density at radius 1 is 0.557 bits per heavy atom. The van der Waals surface area contributed by atoms with Gasteiger partial charge in [-0.05, 0) is 76.3 Å². The lowest BCUT2D eigenvalue weighted by Gasteiger charge is -2.35. The quantitative estimate of drug-likeness (QED) is 0.0667. The highest BCUT2D eigenvalue weighted by Crippen LogP contribution is 2.37. The molecule has 2 amide bonds. The van der Waals surface area contributed by atoms with Crippen molar-refractivity contribution in [3.05, 3.63) is 119 Å². The number of ether oxygens (including phenoxy) is 8. The van der Waals surface area contributed by atoms with Gasteiger partial charge in [0.1, 0.15) is 30.0 Å². The Labute approximate surface area is 505 Å². The second-order valence-electron chi connectivity index (χ2n) is 20.0. The molecule has 11 rings (SSSR count). The molecular formula is C61H69N13O14. The van der Waals surface area contributed by atoms with Gasteiger partial charge in [0.15, 0.2) is 46.0 Å².